The van der Waals surface area contributed by atoms with Crippen molar-refractivity contribution < 1.29 is 9.13 Å². The van der Waals surface area contributed by atoms with Crippen LogP contribution in [0.4, 0.5) is 34.6 Å². The Morgan fingerprint density at radius 1 is 0.615 bits per heavy atom. The van der Waals surface area contributed by atoms with Crippen LogP contribution in [0, 0.1) is 0 Å². The van der Waals surface area contributed by atoms with E-state index >= 15 is 0 Å². The lowest BCUT2D eigenvalue weighted by molar-refractivity contribution is -0.657. The molecule has 0 unspecified atom stereocenters. The molecule has 10 heteroatoms. The average Bonchev–Trinajstić information content (AvgIpc) is 3.45. The molecular weight excluding hydrogens is 488 g/mol. The Balaban J connectivity index is 1.31. The van der Waals surface area contributed by atoms with Crippen LogP contribution in [0.3, 0.4) is 0 Å². The highest BCUT2D eigenvalue weighted by atomic mass is 15.3. The van der Waals surface area contributed by atoms with E-state index in [1.54, 1.807) is 0 Å². The first kappa shape index (κ1) is 27.7. The van der Waals surface area contributed by atoms with Gasteiger partial charge in [0.15, 0.2) is 0 Å². The molecule has 0 aliphatic rings. The second-order valence-electron chi connectivity index (χ2n) is 9.59. The summed E-state index contributed by atoms with van der Waals surface area (Å²) < 4.78 is 7.79. The van der Waals surface area contributed by atoms with Gasteiger partial charge in [0.2, 0.25) is 0 Å². The molecule has 0 aliphatic heterocycles. The van der Waals surface area contributed by atoms with E-state index in [2.05, 4.69) is 68.4 Å². The van der Waals surface area contributed by atoms with Gasteiger partial charge in [-0.15, -0.1) is 0 Å². The van der Waals surface area contributed by atoms with Crippen LogP contribution in [-0.2, 0) is 28.2 Å². The average molecular weight is 529 g/mol. The molecule has 2 aromatic heterocycles. The third-order valence-corrected chi connectivity index (χ3v) is 6.85. The van der Waals surface area contributed by atoms with Crippen molar-refractivity contribution >= 4 is 34.6 Å². The van der Waals surface area contributed by atoms with Crippen molar-refractivity contribution in [2.24, 2.45) is 48.6 Å². The van der Waals surface area contributed by atoms with Gasteiger partial charge in [0.25, 0.3) is 0 Å². The highest BCUT2D eigenvalue weighted by molar-refractivity contribution is 5.54. The van der Waals surface area contributed by atoms with Crippen molar-refractivity contribution in [2.75, 3.05) is 36.0 Å². The normalized spacial score (nSPS) is 11.6. The number of aryl methyl sites for hydroxylation is 4. The number of nitrogens with zero attached hydrogens (tertiary/aromatic N) is 10. The van der Waals surface area contributed by atoms with E-state index in [0.717, 1.165) is 55.9 Å². The molecular formula is C29H40N10+2. The zero-order valence-corrected chi connectivity index (χ0v) is 23.9. The van der Waals surface area contributed by atoms with E-state index in [9.17, 15) is 0 Å². The number of benzene rings is 2. The third-order valence-electron chi connectivity index (χ3n) is 6.85. The topological polar surface area (TPSA) is 73.5 Å². The molecule has 2 heterocycles. The molecule has 204 valence electrons. The summed E-state index contributed by atoms with van der Waals surface area (Å²) in [5, 5.41) is 17.6. The van der Waals surface area contributed by atoms with Crippen molar-refractivity contribution in [1.82, 2.24) is 9.13 Å². The van der Waals surface area contributed by atoms with Crippen LogP contribution in [0.25, 0.3) is 0 Å². The third kappa shape index (κ3) is 6.95. The highest BCUT2D eigenvalue weighted by Crippen LogP contribution is 2.23. The fourth-order valence-corrected chi connectivity index (χ4v) is 4.50. The number of hydrogen-bond donors (Lipinski definition) is 0. The number of azo groups is 2. The molecule has 0 spiro atoms. The summed E-state index contributed by atoms with van der Waals surface area (Å²) in [6.07, 6.45) is 8.91. The molecule has 0 bridgehead atoms. The summed E-state index contributed by atoms with van der Waals surface area (Å²) in [4.78, 5) is 4.80. The minimum Gasteiger partial charge on any atom is -0.372 e. The van der Waals surface area contributed by atoms with Gasteiger partial charge in [-0.2, -0.15) is 0 Å². The van der Waals surface area contributed by atoms with Gasteiger partial charge in [0.05, 0.1) is 53.0 Å². The predicted molar refractivity (Wildman–Crippen MR) is 155 cm³/mol. The molecule has 4 aromatic rings. The van der Waals surface area contributed by atoms with E-state index < -0.39 is 0 Å². The zero-order chi connectivity index (χ0) is 27.8. The maximum atomic E-state index is 4.41. The summed E-state index contributed by atoms with van der Waals surface area (Å²) >= 11 is 0. The summed E-state index contributed by atoms with van der Waals surface area (Å²) in [5.74, 6) is 1.60. The monoisotopic (exact) mass is 528 g/mol. The number of rotatable bonds is 12. The van der Waals surface area contributed by atoms with E-state index in [1.165, 1.54) is 11.4 Å². The minimum atomic E-state index is 0.801. The Hall–Kier alpha value is -4.34. The molecule has 2 aromatic carbocycles. The van der Waals surface area contributed by atoms with Crippen molar-refractivity contribution in [3.8, 4) is 0 Å². The molecule has 4 rings (SSSR count). The summed E-state index contributed by atoms with van der Waals surface area (Å²) in [6, 6.07) is 16.6. The Labute approximate surface area is 231 Å². The van der Waals surface area contributed by atoms with Crippen LogP contribution in [0.5, 0.6) is 0 Å². The second kappa shape index (κ2) is 12.9. The highest BCUT2D eigenvalue weighted by Gasteiger charge is 2.12. The molecule has 0 saturated heterocycles. The van der Waals surface area contributed by atoms with Gasteiger partial charge in [-0.25, -0.2) is 18.3 Å². The Kier molecular flexibility index (Phi) is 9.19. The predicted octanol–water partition coefficient (Wildman–Crippen LogP) is 5.59. The largest absolute Gasteiger partial charge is 0.421 e. The molecule has 0 radical (unpaired) electrons. The van der Waals surface area contributed by atoms with E-state index in [1.807, 2.05) is 95.5 Å². The Morgan fingerprint density at radius 3 is 1.31 bits per heavy atom. The maximum Gasteiger partial charge on any atom is 0.421 e. The van der Waals surface area contributed by atoms with E-state index in [0.29, 0.717) is 0 Å². The van der Waals surface area contributed by atoms with E-state index in [4.69, 9.17) is 0 Å². The summed E-state index contributed by atoms with van der Waals surface area (Å²) in [6.45, 7) is 8.25. The van der Waals surface area contributed by atoms with Crippen molar-refractivity contribution in [3.63, 3.8) is 0 Å². The maximum absolute atomic E-state index is 4.41. The summed E-state index contributed by atoms with van der Waals surface area (Å²) in [5.41, 5.74) is 4.08. The Bertz CT molecular complexity index is 1250. The standard InChI is InChI=1S/C29H40N10/c1-7-38(26-14-10-24(11-15-26)30-32-28-34(3)20-21-35(28)4)18-9-19-39(8-2)27-16-12-25(13-17-27)31-33-29-36(5)22-23-37(29)6/h10-17,20-23H,7-9,18-19H2,1-6H3/q+2. The second-order valence-corrected chi connectivity index (χ2v) is 9.59. The fraction of sp³-hybridized carbons (Fsp3) is 0.379. The molecule has 0 saturated carbocycles. The Morgan fingerprint density at radius 2 is 1.00 bits per heavy atom. The molecule has 0 N–H and O–H groups in total. The van der Waals surface area contributed by atoms with Gasteiger partial charge < -0.3 is 9.80 Å². The van der Waals surface area contributed by atoms with Gasteiger partial charge in [0, 0.05) is 47.8 Å². The fourth-order valence-electron chi connectivity index (χ4n) is 4.50. The van der Waals surface area contributed by atoms with Crippen LogP contribution in [0.15, 0.2) is 93.8 Å². The lowest BCUT2D eigenvalue weighted by Gasteiger charge is -2.27. The minimum absolute atomic E-state index is 0.801. The molecule has 39 heavy (non-hydrogen) atoms. The molecule has 10 nitrogen and oxygen atoms in total. The SMILES string of the molecule is CCN(CCCN(CC)c1ccc(N=Nc2n(C)cc[n+]2C)cc1)c1ccc(N=Nc2n(C)cc[n+]2C)cc1. The number of anilines is 2. The molecule has 0 amide bonds. The van der Waals surface area contributed by atoms with E-state index in [-0.39, 0.29) is 0 Å². The van der Waals surface area contributed by atoms with Crippen LogP contribution >= 0.6 is 0 Å². The van der Waals surface area contributed by atoms with Gasteiger partial charge in [-0.05, 0) is 68.8 Å². The van der Waals surface area contributed by atoms with Crippen LogP contribution in [-0.4, -0.2) is 35.3 Å². The van der Waals surface area contributed by atoms with Gasteiger partial charge in [-0.3, -0.25) is 0 Å². The smallest absolute Gasteiger partial charge is 0.372 e. The quantitative estimate of drug-likeness (QED) is 0.178. The van der Waals surface area contributed by atoms with Gasteiger partial charge >= 0.3 is 11.9 Å². The first-order valence-corrected chi connectivity index (χ1v) is 13.4. The summed E-state index contributed by atoms with van der Waals surface area (Å²) in [7, 11) is 7.85. The zero-order valence-electron chi connectivity index (χ0n) is 23.9. The van der Waals surface area contributed by atoms with Crippen LogP contribution < -0.4 is 18.9 Å². The van der Waals surface area contributed by atoms with Crippen molar-refractivity contribution in [3.05, 3.63) is 73.3 Å². The van der Waals surface area contributed by atoms with Crippen LogP contribution in [0.1, 0.15) is 20.3 Å². The van der Waals surface area contributed by atoms with Gasteiger partial charge in [0.1, 0.15) is 11.4 Å². The molecule has 0 atom stereocenters. The van der Waals surface area contributed by atoms with Gasteiger partial charge in [-0.1, -0.05) is 10.2 Å². The lowest BCUT2D eigenvalue weighted by atomic mass is 10.2. The number of imidazole rings is 2. The van der Waals surface area contributed by atoms with Crippen LogP contribution in [0.2, 0.25) is 0 Å². The van der Waals surface area contributed by atoms with Crippen molar-refractivity contribution in [2.45, 2.75) is 20.3 Å². The molecule has 0 fully saturated rings. The number of hydrogen-bond acceptors (Lipinski definition) is 6. The first-order valence-electron chi connectivity index (χ1n) is 13.4. The van der Waals surface area contributed by atoms with Crippen molar-refractivity contribution in [1.29, 1.82) is 0 Å². The first-order chi connectivity index (χ1) is 18.9. The molecule has 0 aliphatic carbocycles. The number of aromatic nitrogens is 4. The lowest BCUT2D eigenvalue weighted by Crippen LogP contribution is -2.30.